The van der Waals surface area contributed by atoms with Crippen molar-refractivity contribution in [3.8, 4) is 5.75 Å². The van der Waals surface area contributed by atoms with E-state index in [1.165, 1.54) is 10.5 Å². The molecule has 0 saturated carbocycles. The van der Waals surface area contributed by atoms with Gasteiger partial charge in [0.1, 0.15) is 5.75 Å². The molecule has 2 aromatic rings. The first-order valence-corrected chi connectivity index (χ1v) is 8.96. The van der Waals surface area contributed by atoms with Crippen LogP contribution in [0.1, 0.15) is 17.5 Å². The van der Waals surface area contributed by atoms with Gasteiger partial charge in [-0.25, -0.2) is 4.90 Å². The van der Waals surface area contributed by atoms with Gasteiger partial charge >= 0.3 is 0 Å². The molecule has 1 saturated heterocycles. The summed E-state index contributed by atoms with van der Waals surface area (Å²) in [5.41, 5.74) is 2.62. The number of benzene rings is 2. The second-order valence-electron chi connectivity index (χ2n) is 6.43. The minimum atomic E-state index is -0.374. The Morgan fingerprint density at radius 2 is 1.92 bits per heavy atom. The Morgan fingerprint density at radius 1 is 1.19 bits per heavy atom. The van der Waals surface area contributed by atoms with E-state index in [1.807, 2.05) is 42.6 Å². The molecule has 0 spiro atoms. The fourth-order valence-corrected chi connectivity index (χ4v) is 3.25. The van der Waals surface area contributed by atoms with Gasteiger partial charge in [0.15, 0.2) is 6.04 Å². The van der Waals surface area contributed by atoms with Crippen LogP contribution in [-0.2, 0) is 16.0 Å². The third-order valence-corrected chi connectivity index (χ3v) is 5.05. The van der Waals surface area contributed by atoms with Crippen LogP contribution < -0.4 is 15.0 Å². The highest BCUT2D eigenvalue weighted by Crippen LogP contribution is 2.26. The summed E-state index contributed by atoms with van der Waals surface area (Å²) in [4.78, 5) is 26.2. The molecule has 2 aromatic carbocycles. The van der Waals surface area contributed by atoms with Crippen molar-refractivity contribution in [2.75, 3.05) is 18.6 Å². The molecule has 0 bridgehead atoms. The van der Waals surface area contributed by atoms with E-state index in [9.17, 15) is 9.59 Å². The number of ether oxygens (including phenoxy) is 1. The molecular formula is C20H22ClN2O3+. The van der Waals surface area contributed by atoms with Crippen molar-refractivity contribution in [3.05, 3.63) is 58.6 Å². The molecule has 0 aliphatic carbocycles. The zero-order chi connectivity index (χ0) is 18.7. The molecule has 3 rings (SSSR count). The van der Waals surface area contributed by atoms with Gasteiger partial charge in [-0.05, 0) is 42.3 Å². The first-order chi connectivity index (χ1) is 12.5. The summed E-state index contributed by atoms with van der Waals surface area (Å²) in [6.45, 7) is 2.62. The normalized spacial score (nSPS) is 17.0. The molecule has 1 heterocycles. The number of quaternary nitrogens is 1. The van der Waals surface area contributed by atoms with E-state index in [4.69, 9.17) is 16.3 Å². The van der Waals surface area contributed by atoms with Crippen LogP contribution in [-0.4, -0.2) is 31.5 Å². The fraction of sp³-hybridized carbons (Fsp3) is 0.300. The molecule has 1 atom stereocenters. The van der Waals surface area contributed by atoms with Crippen LogP contribution in [0.25, 0.3) is 0 Å². The van der Waals surface area contributed by atoms with Gasteiger partial charge in [-0.3, -0.25) is 9.59 Å². The highest BCUT2D eigenvalue weighted by atomic mass is 35.5. The second kappa shape index (κ2) is 7.89. The third-order valence-electron chi connectivity index (χ3n) is 4.64. The topological polar surface area (TPSA) is 63.2 Å². The lowest BCUT2D eigenvalue weighted by Crippen LogP contribution is -2.92. The highest BCUT2D eigenvalue weighted by molar-refractivity contribution is 6.32. The predicted molar refractivity (Wildman–Crippen MR) is 101 cm³/mol. The van der Waals surface area contributed by atoms with E-state index in [-0.39, 0.29) is 24.3 Å². The van der Waals surface area contributed by atoms with Crippen LogP contribution in [0.4, 0.5) is 5.69 Å². The molecule has 6 heteroatoms. The SMILES string of the molecule is COc1ccc(CC[NH2+][C@H]2CC(=O)N(c3ccc(C)c(Cl)c3)C2=O)cc1. The number of halogens is 1. The number of nitrogens with zero attached hydrogens (tertiary/aromatic N) is 1. The first-order valence-electron chi connectivity index (χ1n) is 8.59. The van der Waals surface area contributed by atoms with Gasteiger partial charge in [0.25, 0.3) is 5.91 Å². The first kappa shape index (κ1) is 18.4. The zero-order valence-corrected chi connectivity index (χ0v) is 15.6. The van der Waals surface area contributed by atoms with Crippen molar-refractivity contribution in [1.82, 2.24) is 0 Å². The quantitative estimate of drug-likeness (QED) is 0.789. The minimum Gasteiger partial charge on any atom is -0.497 e. The predicted octanol–water partition coefficient (Wildman–Crippen LogP) is 2.10. The monoisotopic (exact) mass is 373 g/mol. The third kappa shape index (κ3) is 3.89. The van der Waals surface area contributed by atoms with Crippen LogP contribution in [0, 0.1) is 6.92 Å². The summed E-state index contributed by atoms with van der Waals surface area (Å²) in [5.74, 6) is 0.465. The van der Waals surface area contributed by atoms with E-state index in [0.717, 1.165) is 24.3 Å². The number of aryl methyl sites for hydroxylation is 1. The average molecular weight is 374 g/mol. The Balaban J connectivity index is 1.60. The molecule has 5 nitrogen and oxygen atoms in total. The lowest BCUT2D eigenvalue weighted by atomic mass is 10.1. The van der Waals surface area contributed by atoms with Gasteiger partial charge in [-0.2, -0.15) is 0 Å². The van der Waals surface area contributed by atoms with Crippen LogP contribution in [0.2, 0.25) is 5.02 Å². The number of hydrogen-bond acceptors (Lipinski definition) is 3. The molecular weight excluding hydrogens is 352 g/mol. The number of carbonyl (C=O) groups is 2. The van der Waals surface area contributed by atoms with E-state index in [1.54, 1.807) is 19.2 Å². The molecule has 2 N–H and O–H groups in total. The van der Waals surface area contributed by atoms with E-state index >= 15 is 0 Å². The molecule has 1 aliphatic rings. The Bertz CT molecular complexity index is 820. The smallest absolute Gasteiger partial charge is 0.292 e. The van der Waals surface area contributed by atoms with Gasteiger partial charge in [0.05, 0.1) is 25.8 Å². The Kier molecular flexibility index (Phi) is 5.59. The summed E-state index contributed by atoms with van der Waals surface area (Å²) in [7, 11) is 1.64. The van der Waals surface area contributed by atoms with Crippen molar-refractivity contribution in [2.45, 2.75) is 25.8 Å². The van der Waals surface area contributed by atoms with Crippen molar-refractivity contribution >= 4 is 29.1 Å². The zero-order valence-electron chi connectivity index (χ0n) is 14.9. The van der Waals surface area contributed by atoms with Gasteiger partial charge in [0.2, 0.25) is 5.91 Å². The molecule has 1 aliphatic heterocycles. The largest absolute Gasteiger partial charge is 0.497 e. The number of rotatable bonds is 6. The second-order valence-corrected chi connectivity index (χ2v) is 6.84. The standard InChI is InChI=1S/C20H21ClN2O3/c1-13-3-6-15(11-17(13)21)23-19(24)12-18(20(23)25)22-10-9-14-4-7-16(26-2)8-5-14/h3-8,11,18,22H,9-10,12H2,1-2H3/p+1/t18-/m0/s1. The Morgan fingerprint density at radius 3 is 2.58 bits per heavy atom. The van der Waals surface area contributed by atoms with Crippen LogP contribution >= 0.6 is 11.6 Å². The summed E-state index contributed by atoms with van der Waals surface area (Å²) in [5, 5.41) is 2.50. The van der Waals surface area contributed by atoms with E-state index in [2.05, 4.69) is 0 Å². The summed E-state index contributed by atoms with van der Waals surface area (Å²) in [6, 6.07) is 12.7. The summed E-state index contributed by atoms with van der Waals surface area (Å²) in [6.07, 6.45) is 1.03. The molecule has 0 aromatic heterocycles. The number of nitrogens with two attached hydrogens (primary N) is 1. The van der Waals surface area contributed by atoms with Crippen LogP contribution in [0.15, 0.2) is 42.5 Å². The van der Waals surface area contributed by atoms with Crippen molar-refractivity contribution in [1.29, 1.82) is 0 Å². The lowest BCUT2D eigenvalue weighted by Gasteiger charge is -2.15. The van der Waals surface area contributed by atoms with Gasteiger partial charge in [-0.15, -0.1) is 0 Å². The van der Waals surface area contributed by atoms with Crippen LogP contribution in [0.3, 0.4) is 0 Å². The maximum atomic E-state index is 12.7. The van der Waals surface area contributed by atoms with Crippen LogP contribution in [0.5, 0.6) is 5.75 Å². The maximum absolute atomic E-state index is 12.7. The molecule has 0 radical (unpaired) electrons. The fourth-order valence-electron chi connectivity index (χ4n) is 3.08. The number of hydrogen-bond donors (Lipinski definition) is 1. The van der Waals surface area contributed by atoms with E-state index in [0.29, 0.717) is 10.7 Å². The van der Waals surface area contributed by atoms with Crippen molar-refractivity contribution < 1.29 is 19.6 Å². The van der Waals surface area contributed by atoms with Gasteiger partial charge < -0.3 is 10.1 Å². The highest BCUT2D eigenvalue weighted by Gasteiger charge is 2.42. The number of carbonyl (C=O) groups excluding carboxylic acids is 2. The number of anilines is 1. The van der Waals surface area contributed by atoms with Crippen molar-refractivity contribution in [3.63, 3.8) is 0 Å². The molecule has 1 fully saturated rings. The van der Waals surface area contributed by atoms with Gasteiger partial charge in [-0.1, -0.05) is 29.8 Å². The summed E-state index contributed by atoms with van der Waals surface area (Å²) < 4.78 is 5.15. The van der Waals surface area contributed by atoms with Gasteiger partial charge in [0, 0.05) is 11.4 Å². The Labute approximate surface area is 157 Å². The summed E-state index contributed by atoms with van der Waals surface area (Å²) >= 11 is 6.13. The maximum Gasteiger partial charge on any atom is 0.292 e. The molecule has 2 amide bonds. The number of amides is 2. The molecule has 0 unspecified atom stereocenters. The van der Waals surface area contributed by atoms with Crippen molar-refractivity contribution in [2.24, 2.45) is 0 Å². The average Bonchev–Trinajstić information content (AvgIpc) is 2.92. The minimum absolute atomic E-state index is 0.176. The molecule has 26 heavy (non-hydrogen) atoms. The number of methoxy groups -OCH3 is 1. The van der Waals surface area contributed by atoms with E-state index < -0.39 is 0 Å². The number of imide groups is 1. The lowest BCUT2D eigenvalue weighted by molar-refractivity contribution is -0.674. The molecule has 136 valence electrons. The Hall–Kier alpha value is -2.37.